The number of urea groups is 1. The fourth-order valence-electron chi connectivity index (χ4n) is 3.32. The Bertz CT molecular complexity index is 938. The Morgan fingerprint density at radius 2 is 1.96 bits per heavy atom. The lowest BCUT2D eigenvalue weighted by molar-refractivity contribution is 0.211. The van der Waals surface area contributed by atoms with E-state index in [9.17, 15) is 4.79 Å². The monoisotopic (exact) mass is 365 g/mol. The minimum absolute atomic E-state index is 0.0598. The molecule has 1 fully saturated rings. The molecule has 0 bridgehead atoms. The summed E-state index contributed by atoms with van der Waals surface area (Å²) in [6.45, 7) is 1.65. The molecule has 0 aliphatic carbocycles. The van der Waals surface area contributed by atoms with Crippen LogP contribution < -0.4 is 10.2 Å². The highest BCUT2D eigenvalue weighted by Gasteiger charge is 2.23. The Morgan fingerprint density at radius 3 is 2.74 bits per heavy atom. The summed E-state index contributed by atoms with van der Waals surface area (Å²) in [5.74, 6) is 1.59. The van der Waals surface area contributed by atoms with Crippen molar-refractivity contribution in [1.82, 2.24) is 30.0 Å². The highest BCUT2D eigenvalue weighted by atomic mass is 16.2. The Labute approximate surface area is 157 Å². The van der Waals surface area contributed by atoms with E-state index in [1.54, 1.807) is 23.5 Å². The maximum absolute atomic E-state index is 12.0. The maximum Gasteiger partial charge on any atom is 0.317 e. The summed E-state index contributed by atoms with van der Waals surface area (Å²) in [4.78, 5) is 15.7. The van der Waals surface area contributed by atoms with E-state index in [4.69, 9.17) is 5.10 Å². The Morgan fingerprint density at radius 1 is 1.15 bits per heavy atom. The van der Waals surface area contributed by atoms with Gasteiger partial charge in [-0.1, -0.05) is 30.3 Å². The van der Waals surface area contributed by atoms with Crippen LogP contribution in [0.4, 0.5) is 10.6 Å². The molecule has 1 aliphatic heterocycles. The number of carbonyl (C=O) groups is 1. The van der Waals surface area contributed by atoms with E-state index in [1.165, 1.54) is 0 Å². The Kier molecular flexibility index (Phi) is 4.62. The first kappa shape index (κ1) is 17.3. The van der Waals surface area contributed by atoms with Gasteiger partial charge in [0.25, 0.3) is 0 Å². The summed E-state index contributed by atoms with van der Waals surface area (Å²) in [6.07, 6.45) is 1.98. The topological polar surface area (TPSA) is 78.7 Å². The van der Waals surface area contributed by atoms with E-state index in [1.807, 2.05) is 42.5 Å². The Hall–Kier alpha value is -3.16. The van der Waals surface area contributed by atoms with E-state index in [2.05, 4.69) is 20.4 Å². The number of hydrogen-bond donors (Lipinski definition) is 1. The van der Waals surface area contributed by atoms with Crippen LogP contribution in [-0.4, -0.2) is 64.0 Å². The molecule has 2 amide bonds. The molecule has 1 aliphatic rings. The van der Waals surface area contributed by atoms with Crippen LogP contribution in [0.2, 0.25) is 0 Å². The molecule has 0 spiro atoms. The molecule has 0 radical (unpaired) electrons. The molecule has 27 heavy (non-hydrogen) atoms. The van der Waals surface area contributed by atoms with E-state index in [0.29, 0.717) is 5.65 Å². The minimum Gasteiger partial charge on any atom is -0.353 e. The standard InChI is InChI=1S/C19H23N7O/c1-24(2)19(27)20-15-9-6-12-25(13-15)17-11-10-16-21-22-18(26(16)23-17)14-7-4-3-5-8-14/h3-5,7-8,10-11,15H,6,9,12-13H2,1-2H3,(H,20,27). The highest BCUT2D eigenvalue weighted by molar-refractivity contribution is 5.74. The molecule has 8 nitrogen and oxygen atoms in total. The molecule has 1 N–H and O–H groups in total. The van der Waals surface area contributed by atoms with Gasteiger partial charge >= 0.3 is 6.03 Å². The number of hydrogen-bond acceptors (Lipinski definition) is 5. The average Bonchev–Trinajstić information content (AvgIpc) is 3.12. The van der Waals surface area contributed by atoms with Crippen LogP contribution in [0.15, 0.2) is 42.5 Å². The van der Waals surface area contributed by atoms with Crippen molar-refractivity contribution in [3.05, 3.63) is 42.5 Å². The quantitative estimate of drug-likeness (QED) is 0.768. The predicted molar refractivity (Wildman–Crippen MR) is 104 cm³/mol. The third kappa shape index (κ3) is 3.55. The minimum atomic E-state index is -0.0598. The number of rotatable bonds is 3. The highest BCUT2D eigenvalue weighted by Crippen LogP contribution is 2.21. The largest absolute Gasteiger partial charge is 0.353 e. The number of benzene rings is 1. The van der Waals surface area contributed by atoms with E-state index in [0.717, 1.165) is 43.1 Å². The maximum atomic E-state index is 12.0. The first-order valence-electron chi connectivity index (χ1n) is 9.12. The van der Waals surface area contributed by atoms with E-state index < -0.39 is 0 Å². The van der Waals surface area contributed by atoms with Crippen molar-refractivity contribution >= 4 is 17.5 Å². The lowest BCUT2D eigenvalue weighted by Crippen LogP contribution is -2.50. The lowest BCUT2D eigenvalue weighted by Gasteiger charge is -2.34. The van der Waals surface area contributed by atoms with Gasteiger partial charge in [0.05, 0.1) is 0 Å². The number of nitrogens with zero attached hydrogens (tertiary/aromatic N) is 6. The van der Waals surface area contributed by atoms with Crippen molar-refractivity contribution in [2.24, 2.45) is 0 Å². The molecule has 0 saturated carbocycles. The van der Waals surface area contributed by atoms with Crippen molar-refractivity contribution in [1.29, 1.82) is 0 Å². The summed E-state index contributed by atoms with van der Waals surface area (Å²) in [5, 5.41) is 16.4. The smallest absolute Gasteiger partial charge is 0.317 e. The lowest BCUT2D eigenvalue weighted by atomic mass is 10.1. The molecule has 2 aromatic heterocycles. The number of amides is 2. The summed E-state index contributed by atoms with van der Waals surface area (Å²) < 4.78 is 1.78. The van der Waals surface area contributed by atoms with Gasteiger partial charge in [-0.15, -0.1) is 15.3 Å². The zero-order valence-corrected chi connectivity index (χ0v) is 15.5. The molecular weight excluding hydrogens is 342 g/mol. The first-order valence-corrected chi connectivity index (χ1v) is 9.12. The molecule has 1 aromatic carbocycles. The number of carbonyl (C=O) groups excluding carboxylic acids is 1. The van der Waals surface area contributed by atoms with Crippen LogP contribution in [0, 0.1) is 0 Å². The van der Waals surface area contributed by atoms with Crippen molar-refractivity contribution in [2.75, 3.05) is 32.1 Å². The molecule has 3 heterocycles. The van der Waals surface area contributed by atoms with Crippen molar-refractivity contribution in [3.8, 4) is 11.4 Å². The second-order valence-corrected chi connectivity index (χ2v) is 6.98. The summed E-state index contributed by atoms with van der Waals surface area (Å²) in [7, 11) is 3.51. The molecule has 1 saturated heterocycles. The number of aromatic nitrogens is 4. The molecule has 1 unspecified atom stereocenters. The van der Waals surface area contributed by atoms with Crippen LogP contribution in [-0.2, 0) is 0 Å². The third-order valence-corrected chi connectivity index (χ3v) is 4.76. The van der Waals surface area contributed by atoms with Gasteiger partial charge in [0.15, 0.2) is 11.5 Å². The average molecular weight is 365 g/mol. The van der Waals surface area contributed by atoms with Gasteiger partial charge in [-0.05, 0) is 25.0 Å². The van der Waals surface area contributed by atoms with Gasteiger partial charge in [0, 0.05) is 38.8 Å². The van der Waals surface area contributed by atoms with Crippen LogP contribution >= 0.6 is 0 Å². The molecule has 8 heteroatoms. The van der Waals surface area contributed by atoms with Gasteiger partial charge in [-0.25, -0.2) is 4.79 Å². The predicted octanol–water partition coefficient (Wildman–Crippen LogP) is 2.03. The van der Waals surface area contributed by atoms with Crippen molar-refractivity contribution in [3.63, 3.8) is 0 Å². The second-order valence-electron chi connectivity index (χ2n) is 6.98. The summed E-state index contributed by atoms with van der Waals surface area (Å²) in [5.41, 5.74) is 1.69. The van der Waals surface area contributed by atoms with Crippen LogP contribution in [0.25, 0.3) is 17.0 Å². The van der Waals surface area contributed by atoms with E-state index in [-0.39, 0.29) is 12.1 Å². The first-order chi connectivity index (χ1) is 13.1. The fourth-order valence-corrected chi connectivity index (χ4v) is 3.32. The molecule has 3 aromatic rings. The Balaban J connectivity index is 1.59. The second kappa shape index (κ2) is 7.22. The van der Waals surface area contributed by atoms with Crippen molar-refractivity contribution < 1.29 is 4.79 Å². The van der Waals surface area contributed by atoms with Crippen LogP contribution in [0.3, 0.4) is 0 Å². The van der Waals surface area contributed by atoms with Gasteiger partial charge in [0.1, 0.15) is 5.82 Å². The number of piperidine rings is 1. The van der Waals surface area contributed by atoms with Gasteiger partial charge in [-0.3, -0.25) is 0 Å². The van der Waals surface area contributed by atoms with E-state index >= 15 is 0 Å². The van der Waals surface area contributed by atoms with Crippen molar-refractivity contribution in [2.45, 2.75) is 18.9 Å². The third-order valence-electron chi connectivity index (χ3n) is 4.76. The number of nitrogens with one attached hydrogen (secondary N) is 1. The molecule has 140 valence electrons. The zero-order chi connectivity index (χ0) is 18.8. The molecule has 4 rings (SSSR count). The molecule has 1 atom stereocenters. The summed E-state index contributed by atoms with van der Waals surface area (Å²) >= 11 is 0. The van der Waals surface area contributed by atoms with Gasteiger partial charge in [0.2, 0.25) is 0 Å². The normalized spacial score (nSPS) is 17.1. The molecular formula is C19H23N7O. The zero-order valence-electron chi connectivity index (χ0n) is 15.5. The number of fused-ring (bicyclic) bond motifs is 1. The number of anilines is 1. The SMILES string of the molecule is CN(C)C(=O)NC1CCCN(c2ccc3nnc(-c4ccccc4)n3n2)C1. The fraction of sp³-hybridized carbons (Fsp3) is 0.368. The van der Waals surface area contributed by atoms with Gasteiger partial charge in [-0.2, -0.15) is 4.52 Å². The van der Waals surface area contributed by atoms with Crippen LogP contribution in [0.1, 0.15) is 12.8 Å². The van der Waals surface area contributed by atoms with Crippen LogP contribution in [0.5, 0.6) is 0 Å². The summed E-state index contributed by atoms with van der Waals surface area (Å²) in [6, 6.07) is 13.9. The van der Waals surface area contributed by atoms with Gasteiger partial charge < -0.3 is 15.1 Å².